The van der Waals surface area contributed by atoms with E-state index < -0.39 is 5.82 Å². The monoisotopic (exact) mass is 292 g/mol. The predicted octanol–water partition coefficient (Wildman–Crippen LogP) is 2.28. The highest BCUT2D eigenvalue weighted by molar-refractivity contribution is 5.97. The summed E-state index contributed by atoms with van der Waals surface area (Å²) in [6.07, 6.45) is 5.45. The van der Waals surface area contributed by atoms with Crippen molar-refractivity contribution in [3.63, 3.8) is 0 Å². The van der Waals surface area contributed by atoms with E-state index in [2.05, 4.69) is 17.3 Å². The molecule has 0 spiro atoms. The van der Waals surface area contributed by atoms with Gasteiger partial charge in [-0.3, -0.25) is 4.79 Å². The maximum atomic E-state index is 13.2. The minimum Gasteiger partial charge on any atom is -0.507 e. The number of fused-ring (bicyclic) bond motifs is 2. The van der Waals surface area contributed by atoms with Gasteiger partial charge in [-0.2, -0.15) is 0 Å². The molecule has 0 aliphatic carbocycles. The summed E-state index contributed by atoms with van der Waals surface area (Å²) in [5.74, 6) is -1.08. The van der Waals surface area contributed by atoms with Crippen LogP contribution in [0.4, 0.5) is 4.39 Å². The number of nitrogens with one attached hydrogen (secondary N) is 1. The normalized spacial score (nSPS) is 29.1. The fraction of sp³-hybridized carbons (Fsp3) is 0.562. The van der Waals surface area contributed by atoms with E-state index in [-0.39, 0.29) is 23.3 Å². The van der Waals surface area contributed by atoms with Crippen molar-refractivity contribution in [2.75, 3.05) is 7.05 Å². The lowest BCUT2D eigenvalue weighted by molar-refractivity contribution is 0.0462. The summed E-state index contributed by atoms with van der Waals surface area (Å²) in [7, 11) is 2.16. The fourth-order valence-corrected chi connectivity index (χ4v) is 3.69. The van der Waals surface area contributed by atoms with Crippen LogP contribution >= 0.6 is 0 Å². The Labute approximate surface area is 124 Å². The highest BCUT2D eigenvalue weighted by Crippen LogP contribution is 2.32. The van der Waals surface area contributed by atoms with E-state index in [9.17, 15) is 14.3 Å². The van der Waals surface area contributed by atoms with Gasteiger partial charge in [-0.05, 0) is 50.9 Å². The number of benzene rings is 1. The molecule has 5 heteroatoms. The van der Waals surface area contributed by atoms with Crippen molar-refractivity contribution >= 4 is 5.91 Å². The lowest BCUT2D eigenvalue weighted by Crippen LogP contribution is -2.55. The topological polar surface area (TPSA) is 52.6 Å². The van der Waals surface area contributed by atoms with Gasteiger partial charge in [-0.15, -0.1) is 0 Å². The second-order valence-corrected chi connectivity index (χ2v) is 6.21. The third kappa shape index (κ3) is 2.88. The van der Waals surface area contributed by atoms with Crippen LogP contribution in [0.25, 0.3) is 0 Å². The van der Waals surface area contributed by atoms with Crippen molar-refractivity contribution in [1.29, 1.82) is 0 Å². The van der Waals surface area contributed by atoms with Crippen molar-refractivity contribution in [1.82, 2.24) is 10.2 Å². The van der Waals surface area contributed by atoms with Crippen molar-refractivity contribution in [2.45, 2.75) is 50.2 Å². The fourth-order valence-electron chi connectivity index (χ4n) is 3.69. The molecular formula is C16H21FN2O2. The number of hydrogen-bond acceptors (Lipinski definition) is 3. The lowest BCUT2D eigenvalue weighted by atomic mass is 9.82. The molecule has 1 amide bonds. The number of carbonyl (C=O) groups is 1. The molecule has 2 atom stereocenters. The average Bonchev–Trinajstić information content (AvgIpc) is 2.42. The number of rotatable bonds is 2. The Morgan fingerprint density at radius 3 is 2.67 bits per heavy atom. The number of piperidine rings is 2. The summed E-state index contributed by atoms with van der Waals surface area (Å²) in [5, 5.41) is 12.7. The van der Waals surface area contributed by atoms with Crippen LogP contribution in [0.2, 0.25) is 0 Å². The molecule has 2 heterocycles. The van der Waals surface area contributed by atoms with Crippen LogP contribution < -0.4 is 5.32 Å². The van der Waals surface area contributed by atoms with Gasteiger partial charge in [0.1, 0.15) is 11.6 Å². The van der Waals surface area contributed by atoms with Crippen molar-refractivity contribution in [2.24, 2.45) is 0 Å². The summed E-state index contributed by atoms with van der Waals surface area (Å²) in [6, 6.07) is 4.58. The zero-order valence-electron chi connectivity index (χ0n) is 12.2. The Morgan fingerprint density at radius 2 is 2.00 bits per heavy atom. The number of aromatic hydroxyl groups is 1. The Bertz CT molecular complexity index is 535. The maximum absolute atomic E-state index is 13.2. The zero-order valence-corrected chi connectivity index (χ0v) is 12.2. The molecule has 3 rings (SSSR count). The Morgan fingerprint density at radius 1 is 1.33 bits per heavy atom. The average molecular weight is 292 g/mol. The summed E-state index contributed by atoms with van der Waals surface area (Å²) >= 11 is 0. The molecule has 2 unspecified atom stereocenters. The number of amides is 1. The number of phenols is 1. The van der Waals surface area contributed by atoms with Gasteiger partial charge >= 0.3 is 0 Å². The second kappa shape index (κ2) is 5.64. The summed E-state index contributed by atoms with van der Waals surface area (Å²) in [6.45, 7) is 0. The molecule has 21 heavy (non-hydrogen) atoms. The predicted molar refractivity (Wildman–Crippen MR) is 77.7 cm³/mol. The number of carbonyl (C=O) groups excluding carboxylic acids is 1. The third-order valence-electron chi connectivity index (χ3n) is 4.88. The van der Waals surface area contributed by atoms with E-state index in [1.54, 1.807) is 0 Å². The molecule has 1 aromatic carbocycles. The molecular weight excluding hydrogens is 271 g/mol. The van der Waals surface area contributed by atoms with Crippen LogP contribution in [0.15, 0.2) is 18.2 Å². The first-order chi connectivity index (χ1) is 10.0. The molecule has 2 aliphatic rings. The van der Waals surface area contributed by atoms with Gasteiger partial charge in [-0.25, -0.2) is 4.39 Å². The van der Waals surface area contributed by atoms with Crippen LogP contribution in [0, 0.1) is 5.82 Å². The summed E-state index contributed by atoms with van der Waals surface area (Å²) in [4.78, 5) is 14.7. The van der Waals surface area contributed by atoms with Gasteiger partial charge in [0.25, 0.3) is 5.91 Å². The molecule has 2 N–H and O–H groups in total. The minimum absolute atomic E-state index is 0.0130. The molecule has 2 bridgehead atoms. The van der Waals surface area contributed by atoms with Gasteiger partial charge in [0, 0.05) is 18.1 Å². The van der Waals surface area contributed by atoms with E-state index in [1.165, 1.54) is 25.3 Å². The lowest BCUT2D eigenvalue weighted by Gasteiger charge is -2.47. The molecule has 2 aliphatic heterocycles. The zero-order chi connectivity index (χ0) is 15.0. The molecule has 2 saturated heterocycles. The summed E-state index contributed by atoms with van der Waals surface area (Å²) < 4.78 is 13.2. The van der Waals surface area contributed by atoms with Gasteiger partial charge in [0.05, 0.1) is 5.56 Å². The van der Waals surface area contributed by atoms with Crippen molar-refractivity contribution in [3.8, 4) is 5.75 Å². The quantitative estimate of drug-likeness (QED) is 0.879. The number of nitrogens with zero attached hydrogens (tertiary/aromatic N) is 1. The van der Waals surface area contributed by atoms with Gasteiger partial charge in [0.15, 0.2) is 0 Å². The van der Waals surface area contributed by atoms with E-state index in [4.69, 9.17) is 0 Å². The highest BCUT2D eigenvalue weighted by atomic mass is 19.1. The largest absolute Gasteiger partial charge is 0.507 e. The number of hydrogen-bond donors (Lipinski definition) is 2. The van der Waals surface area contributed by atoms with Crippen LogP contribution in [0.1, 0.15) is 42.5 Å². The minimum atomic E-state index is -0.516. The van der Waals surface area contributed by atoms with Crippen molar-refractivity contribution < 1.29 is 14.3 Å². The van der Waals surface area contributed by atoms with Crippen LogP contribution in [-0.2, 0) is 0 Å². The summed E-state index contributed by atoms with van der Waals surface area (Å²) in [5.41, 5.74) is 0.0130. The third-order valence-corrected chi connectivity index (χ3v) is 4.88. The molecule has 0 radical (unpaired) electrons. The van der Waals surface area contributed by atoms with Crippen molar-refractivity contribution in [3.05, 3.63) is 29.6 Å². The number of phenolic OH excluding ortho intramolecular Hbond substituents is 1. The van der Waals surface area contributed by atoms with E-state index >= 15 is 0 Å². The van der Waals surface area contributed by atoms with Gasteiger partial charge in [0.2, 0.25) is 0 Å². The highest BCUT2D eigenvalue weighted by Gasteiger charge is 2.36. The van der Waals surface area contributed by atoms with E-state index in [0.717, 1.165) is 25.0 Å². The Balaban J connectivity index is 1.69. The molecule has 1 aromatic rings. The van der Waals surface area contributed by atoms with E-state index in [1.807, 2.05) is 0 Å². The number of halogens is 1. The molecule has 114 valence electrons. The maximum Gasteiger partial charge on any atom is 0.255 e. The smallest absolute Gasteiger partial charge is 0.255 e. The van der Waals surface area contributed by atoms with E-state index in [0.29, 0.717) is 12.1 Å². The molecule has 4 nitrogen and oxygen atoms in total. The first-order valence-electron chi connectivity index (χ1n) is 7.56. The standard InChI is InChI=1S/C16H21FN2O2/c1-19-12-3-2-4-13(19)9-11(8-12)18-16(21)14-7-10(17)5-6-15(14)20/h5-7,11-13,20H,2-4,8-9H2,1H3,(H,18,21). The Hall–Kier alpha value is -1.62. The first-order valence-corrected chi connectivity index (χ1v) is 7.56. The first kappa shape index (κ1) is 14.3. The van der Waals surface area contributed by atoms with Crippen LogP contribution in [0.5, 0.6) is 5.75 Å². The van der Waals surface area contributed by atoms with Crippen LogP contribution in [-0.4, -0.2) is 41.1 Å². The second-order valence-electron chi connectivity index (χ2n) is 6.21. The SMILES string of the molecule is CN1C2CCCC1CC(NC(=O)c1cc(F)ccc1O)C2. The van der Waals surface area contributed by atoms with Crippen LogP contribution in [0.3, 0.4) is 0 Å². The molecule has 2 fully saturated rings. The van der Waals surface area contributed by atoms with Gasteiger partial charge < -0.3 is 15.3 Å². The molecule has 0 aromatic heterocycles. The molecule has 0 saturated carbocycles. The van der Waals surface area contributed by atoms with Gasteiger partial charge in [-0.1, -0.05) is 6.42 Å². The Kier molecular flexibility index (Phi) is 3.85.